The second-order valence-electron chi connectivity index (χ2n) is 5.20. The summed E-state index contributed by atoms with van der Waals surface area (Å²) in [5, 5.41) is 9.53. The molecule has 2 amide bonds. The Labute approximate surface area is 139 Å². The number of urea groups is 1. The zero-order chi connectivity index (χ0) is 17.5. The third-order valence-corrected chi connectivity index (χ3v) is 3.44. The van der Waals surface area contributed by atoms with Crippen LogP contribution in [0, 0.1) is 5.82 Å². The van der Waals surface area contributed by atoms with E-state index in [-0.39, 0.29) is 11.8 Å². The van der Waals surface area contributed by atoms with Crippen molar-refractivity contribution in [3.63, 3.8) is 0 Å². The minimum absolute atomic E-state index is 0.166. The Morgan fingerprint density at radius 3 is 2.88 bits per heavy atom. The van der Waals surface area contributed by atoms with Crippen molar-refractivity contribution in [2.45, 2.75) is 19.5 Å². The van der Waals surface area contributed by atoms with E-state index in [0.717, 1.165) is 0 Å². The molecule has 1 unspecified atom stereocenters. The van der Waals surface area contributed by atoms with Gasteiger partial charge in [-0.25, -0.2) is 9.18 Å². The smallest absolute Gasteiger partial charge is 0.319 e. The van der Waals surface area contributed by atoms with E-state index in [4.69, 9.17) is 9.47 Å². The minimum Gasteiger partial charge on any atom is -0.494 e. The normalized spacial score (nSPS) is 11.8. The van der Waals surface area contributed by atoms with E-state index in [1.807, 2.05) is 0 Å². The number of hydrogen-bond acceptors (Lipinski definition) is 4. The van der Waals surface area contributed by atoms with Gasteiger partial charge in [0.15, 0.2) is 11.6 Å². The summed E-state index contributed by atoms with van der Waals surface area (Å²) < 4.78 is 25.2. The molecule has 0 saturated heterocycles. The maximum Gasteiger partial charge on any atom is 0.319 e. The van der Waals surface area contributed by atoms with Crippen molar-refractivity contribution in [3.05, 3.63) is 42.0 Å². The number of nitrogens with zero attached hydrogens (tertiary/aromatic N) is 2. The van der Waals surface area contributed by atoms with Crippen LogP contribution in [-0.2, 0) is 11.3 Å². The highest BCUT2D eigenvalue weighted by Gasteiger charge is 2.13. The van der Waals surface area contributed by atoms with Crippen LogP contribution in [0.15, 0.2) is 30.6 Å². The van der Waals surface area contributed by atoms with E-state index in [9.17, 15) is 9.18 Å². The highest BCUT2D eigenvalue weighted by molar-refractivity contribution is 5.89. The van der Waals surface area contributed by atoms with Crippen LogP contribution >= 0.6 is 0 Å². The third kappa shape index (κ3) is 4.69. The standard InChI is InChI=1S/C16H21FN4O3/c1-11(12-4-5-15(24-3)14(17)8-12)19-16(22)20-13-9-18-21(10-13)6-7-23-2/h4-5,8-11H,6-7H2,1-3H3,(H2,19,20,22). The number of hydrogen-bond donors (Lipinski definition) is 2. The molecule has 1 heterocycles. The Kier molecular flexibility index (Phi) is 6.14. The first kappa shape index (κ1) is 17.7. The molecule has 0 saturated carbocycles. The van der Waals surface area contributed by atoms with Gasteiger partial charge in [-0.2, -0.15) is 5.10 Å². The maximum absolute atomic E-state index is 13.7. The first-order valence-corrected chi connectivity index (χ1v) is 7.46. The van der Waals surface area contributed by atoms with Crippen molar-refractivity contribution in [1.82, 2.24) is 15.1 Å². The Hall–Kier alpha value is -2.61. The van der Waals surface area contributed by atoms with E-state index < -0.39 is 11.8 Å². The van der Waals surface area contributed by atoms with Crippen LogP contribution in [0.5, 0.6) is 5.75 Å². The molecule has 2 N–H and O–H groups in total. The molecule has 7 nitrogen and oxygen atoms in total. The van der Waals surface area contributed by atoms with Crippen molar-refractivity contribution in [3.8, 4) is 5.75 Å². The summed E-state index contributed by atoms with van der Waals surface area (Å²) >= 11 is 0. The van der Waals surface area contributed by atoms with Gasteiger partial charge in [-0.1, -0.05) is 6.07 Å². The lowest BCUT2D eigenvalue weighted by Crippen LogP contribution is -2.31. The van der Waals surface area contributed by atoms with Gasteiger partial charge in [-0.05, 0) is 24.6 Å². The Balaban J connectivity index is 1.91. The van der Waals surface area contributed by atoms with Gasteiger partial charge in [0, 0.05) is 13.3 Å². The van der Waals surface area contributed by atoms with E-state index in [2.05, 4.69) is 15.7 Å². The molecular weight excluding hydrogens is 315 g/mol. The maximum atomic E-state index is 13.7. The SMILES string of the molecule is COCCn1cc(NC(=O)NC(C)c2ccc(OC)c(F)c2)cn1. The lowest BCUT2D eigenvalue weighted by atomic mass is 10.1. The van der Waals surface area contributed by atoms with E-state index in [1.165, 1.54) is 19.2 Å². The Morgan fingerprint density at radius 2 is 2.21 bits per heavy atom. The number of aromatic nitrogens is 2. The molecular formula is C16H21FN4O3. The molecule has 0 aliphatic rings. The summed E-state index contributed by atoms with van der Waals surface area (Å²) in [6.07, 6.45) is 3.25. The van der Waals surface area contributed by atoms with Gasteiger partial charge >= 0.3 is 6.03 Å². The van der Waals surface area contributed by atoms with Gasteiger partial charge < -0.3 is 20.1 Å². The van der Waals surface area contributed by atoms with E-state index in [1.54, 1.807) is 37.2 Å². The van der Waals surface area contributed by atoms with Gasteiger partial charge in [0.05, 0.1) is 38.2 Å². The van der Waals surface area contributed by atoms with Gasteiger partial charge in [-0.15, -0.1) is 0 Å². The van der Waals surface area contributed by atoms with Gasteiger partial charge in [-0.3, -0.25) is 4.68 Å². The predicted molar refractivity (Wildman–Crippen MR) is 87.6 cm³/mol. The highest BCUT2D eigenvalue weighted by atomic mass is 19.1. The monoisotopic (exact) mass is 336 g/mol. The molecule has 24 heavy (non-hydrogen) atoms. The molecule has 0 bridgehead atoms. The molecule has 0 spiro atoms. The average Bonchev–Trinajstić information content (AvgIpc) is 2.99. The Morgan fingerprint density at radius 1 is 1.42 bits per heavy atom. The van der Waals surface area contributed by atoms with Crippen LogP contribution in [0.3, 0.4) is 0 Å². The van der Waals surface area contributed by atoms with E-state index in [0.29, 0.717) is 24.4 Å². The van der Waals surface area contributed by atoms with Crippen LogP contribution in [0.25, 0.3) is 0 Å². The number of carbonyl (C=O) groups excluding carboxylic acids is 1. The second-order valence-corrected chi connectivity index (χ2v) is 5.20. The molecule has 0 aliphatic heterocycles. The number of nitrogens with one attached hydrogen (secondary N) is 2. The first-order valence-electron chi connectivity index (χ1n) is 7.46. The molecule has 8 heteroatoms. The summed E-state index contributed by atoms with van der Waals surface area (Å²) in [4.78, 5) is 12.0. The number of methoxy groups -OCH3 is 2. The number of carbonyl (C=O) groups is 1. The summed E-state index contributed by atoms with van der Waals surface area (Å²) in [5.74, 6) is -0.303. The fourth-order valence-corrected chi connectivity index (χ4v) is 2.13. The number of halogens is 1. The average molecular weight is 336 g/mol. The highest BCUT2D eigenvalue weighted by Crippen LogP contribution is 2.21. The van der Waals surface area contributed by atoms with Crippen LogP contribution in [0.2, 0.25) is 0 Å². The van der Waals surface area contributed by atoms with Gasteiger partial charge in [0.25, 0.3) is 0 Å². The van der Waals surface area contributed by atoms with Crippen LogP contribution < -0.4 is 15.4 Å². The molecule has 130 valence electrons. The van der Waals surface area contributed by atoms with Crippen molar-refractivity contribution in [2.24, 2.45) is 0 Å². The molecule has 2 rings (SSSR count). The van der Waals surface area contributed by atoms with E-state index >= 15 is 0 Å². The predicted octanol–water partition coefficient (Wildman–Crippen LogP) is 2.56. The number of anilines is 1. The number of rotatable bonds is 7. The Bertz CT molecular complexity index is 690. The first-order chi connectivity index (χ1) is 11.5. The largest absolute Gasteiger partial charge is 0.494 e. The zero-order valence-electron chi connectivity index (χ0n) is 13.9. The summed E-state index contributed by atoms with van der Waals surface area (Å²) in [6, 6.07) is 3.81. The topological polar surface area (TPSA) is 77.4 Å². The summed E-state index contributed by atoms with van der Waals surface area (Å²) in [5.41, 5.74) is 1.20. The van der Waals surface area contributed by atoms with Crippen LogP contribution in [0.1, 0.15) is 18.5 Å². The van der Waals surface area contributed by atoms with Crippen molar-refractivity contribution < 1.29 is 18.7 Å². The molecule has 0 fully saturated rings. The summed E-state index contributed by atoms with van der Waals surface area (Å²) in [6.45, 7) is 2.90. The molecule has 1 aromatic carbocycles. The van der Waals surface area contributed by atoms with Crippen LogP contribution in [-0.4, -0.2) is 36.6 Å². The van der Waals surface area contributed by atoms with Gasteiger partial charge in [0.1, 0.15) is 0 Å². The molecule has 0 aliphatic carbocycles. The van der Waals surface area contributed by atoms with Crippen LogP contribution in [0.4, 0.5) is 14.9 Å². The molecule has 0 radical (unpaired) electrons. The number of benzene rings is 1. The summed E-state index contributed by atoms with van der Waals surface area (Å²) in [7, 11) is 3.01. The fraction of sp³-hybridized carbons (Fsp3) is 0.375. The molecule has 1 atom stereocenters. The molecule has 2 aromatic rings. The minimum atomic E-state index is -0.469. The fourth-order valence-electron chi connectivity index (χ4n) is 2.13. The lowest BCUT2D eigenvalue weighted by molar-refractivity contribution is 0.183. The van der Waals surface area contributed by atoms with Gasteiger partial charge in [0.2, 0.25) is 0 Å². The second kappa shape index (κ2) is 8.30. The zero-order valence-corrected chi connectivity index (χ0v) is 13.9. The number of amides is 2. The molecule has 1 aromatic heterocycles. The van der Waals surface area contributed by atoms with Crippen molar-refractivity contribution >= 4 is 11.7 Å². The lowest BCUT2D eigenvalue weighted by Gasteiger charge is -2.15. The van der Waals surface area contributed by atoms with Crippen molar-refractivity contribution in [2.75, 3.05) is 26.1 Å². The number of ether oxygens (including phenoxy) is 2. The third-order valence-electron chi connectivity index (χ3n) is 3.44. The quantitative estimate of drug-likeness (QED) is 0.815. The van der Waals surface area contributed by atoms with Crippen molar-refractivity contribution in [1.29, 1.82) is 0 Å².